The third-order valence-corrected chi connectivity index (χ3v) is 4.38. The Labute approximate surface area is 120 Å². The van der Waals surface area contributed by atoms with Crippen LogP contribution in [0.2, 0.25) is 0 Å². The predicted molar refractivity (Wildman–Crippen MR) is 67.6 cm³/mol. The second kappa shape index (κ2) is 5.34. The third kappa shape index (κ3) is 3.21. The van der Waals surface area contributed by atoms with E-state index in [1.807, 2.05) is 0 Å². The zero-order valence-electron chi connectivity index (χ0n) is 11.1. The Bertz CT molecular complexity index is 640. The summed E-state index contributed by atoms with van der Waals surface area (Å²) in [6, 6.07) is 0.00394. The van der Waals surface area contributed by atoms with Gasteiger partial charge in [-0.05, 0) is 12.8 Å². The quantitative estimate of drug-likeness (QED) is 0.748. The van der Waals surface area contributed by atoms with Crippen LogP contribution < -0.4 is 4.90 Å². The molecule has 116 valence electrons. The molecule has 0 N–H and O–H groups in total. The molecule has 1 aromatic heterocycles. The van der Waals surface area contributed by atoms with E-state index in [0.717, 1.165) is 12.8 Å². The van der Waals surface area contributed by atoms with Crippen molar-refractivity contribution in [3.8, 4) is 0 Å². The van der Waals surface area contributed by atoms with Crippen molar-refractivity contribution in [2.75, 3.05) is 23.8 Å². The predicted octanol–water partition coefficient (Wildman–Crippen LogP) is 0.573. The fourth-order valence-corrected chi connectivity index (χ4v) is 3.38. The van der Waals surface area contributed by atoms with Gasteiger partial charge in [-0.1, -0.05) is 5.10 Å². The molecule has 2 saturated heterocycles. The average Bonchev–Trinajstić information content (AvgIpc) is 3.06. The molecule has 2 aliphatic heterocycles. The topological polar surface area (TPSA) is 103 Å². The number of hydrogen-bond donors (Lipinski definition) is 0. The molecule has 0 radical (unpaired) electrons. The highest BCUT2D eigenvalue weighted by Gasteiger charge is 2.37. The molecule has 2 unspecified atom stereocenters. The molecule has 2 fully saturated rings. The highest BCUT2D eigenvalue weighted by Crippen LogP contribution is 2.31. The summed E-state index contributed by atoms with van der Waals surface area (Å²) in [5, 5.41) is 7.64. The highest BCUT2D eigenvalue weighted by atomic mass is 32.3. The minimum atomic E-state index is -4.61. The van der Waals surface area contributed by atoms with Crippen molar-refractivity contribution >= 4 is 22.1 Å². The maximum atomic E-state index is 12.7. The number of anilines is 1. The minimum Gasteiger partial charge on any atom is -0.405 e. The van der Waals surface area contributed by atoms with Crippen LogP contribution in [0, 0.1) is 5.92 Å². The number of ether oxygens (including phenoxy) is 1. The zero-order chi connectivity index (χ0) is 15.0. The number of carbonyl (C=O) groups excluding carboxylic acids is 1. The van der Waals surface area contributed by atoms with Gasteiger partial charge in [0.25, 0.3) is 0 Å². The van der Waals surface area contributed by atoms with Crippen LogP contribution in [0.4, 0.5) is 9.90 Å². The van der Waals surface area contributed by atoms with Crippen LogP contribution in [0.1, 0.15) is 31.3 Å². The van der Waals surface area contributed by atoms with Gasteiger partial charge in [0.05, 0.1) is 5.75 Å². The Morgan fingerprint density at radius 3 is 2.86 bits per heavy atom. The van der Waals surface area contributed by atoms with E-state index in [0.29, 0.717) is 12.5 Å². The molecule has 0 aliphatic carbocycles. The van der Waals surface area contributed by atoms with Gasteiger partial charge in [0.15, 0.2) is 0 Å². The van der Waals surface area contributed by atoms with E-state index in [1.54, 1.807) is 0 Å². The molecule has 3 rings (SSSR count). The smallest absolute Gasteiger partial charge is 0.325 e. The summed E-state index contributed by atoms with van der Waals surface area (Å²) in [7, 11) is -4.61. The van der Waals surface area contributed by atoms with E-state index in [-0.39, 0.29) is 31.0 Å². The van der Waals surface area contributed by atoms with Gasteiger partial charge in [-0.15, -0.1) is 8.98 Å². The number of aromatic nitrogens is 2. The summed E-state index contributed by atoms with van der Waals surface area (Å²) >= 11 is 0. The van der Waals surface area contributed by atoms with Gasteiger partial charge >= 0.3 is 16.2 Å². The van der Waals surface area contributed by atoms with Crippen LogP contribution in [0.3, 0.4) is 0 Å². The lowest BCUT2D eigenvalue weighted by Gasteiger charge is -2.10. The summed E-state index contributed by atoms with van der Waals surface area (Å²) in [5.41, 5.74) is 0. The normalized spacial score (nSPS) is 26.7. The molecule has 3 heterocycles. The van der Waals surface area contributed by atoms with Crippen LogP contribution in [0.15, 0.2) is 4.42 Å². The molecule has 0 saturated carbocycles. The maximum Gasteiger partial charge on any atom is 0.325 e. The Kier molecular flexibility index (Phi) is 3.66. The van der Waals surface area contributed by atoms with Crippen molar-refractivity contribution in [2.45, 2.75) is 25.4 Å². The van der Waals surface area contributed by atoms with Crippen molar-refractivity contribution < 1.29 is 26.3 Å². The number of carbonyl (C=O) groups is 1. The van der Waals surface area contributed by atoms with E-state index in [2.05, 4.69) is 10.2 Å². The first-order valence-corrected chi connectivity index (χ1v) is 8.15. The fraction of sp³-hybridized carbons (Fsp3) is 0.727. The van der Waals surface area contributed by atoms with E-state index in [4.69, 9.17) is 9.15 Å². The summed E-state index contributed by atoms with van der Waals surface area (Å²) < 4.78 is 44.8. The summed E-state index contributed by atoms with van der Waals surface area (Å²) in [4.78, 5) is 13.0. The van der Waals surface area contributed by atoms with Gasteiger partial charge in [0.1, 0.15) is 6.10 Å². The van der Waals surface area contributed by atoms with E-state index in [1.165, 1.54) is 4.90 Å². The Hall–Kier alpha value is -1.55. The average molecular weight is 319 g/mol. The van der Waals surface area contributed by atoms with E-state index >= 15 is 0 Å². The number of hydrogen-bond acceptors (Lipinski definition) is 7. The van der Waals surface area contributed by atoms with Crippen molar-refractivity contribution in [1.29, 1.82) is 0 Å². The van der Waals surface area contributed by atoms with Crippen LogP contribution >= 0.6 is 0 Å². The van der Waals surface area contributed by atoms with Crippen molar-refractivity contribution in [3.05, 3.63) is 5.89 Å². The van der Waals surface area contributed by atoms with Gasteiger partial charge in [-0.2, -0.15) is 8.42 Å². The monoisotopic (exact) mass is 319 g/mol. The lowest BCUT2D eigenvalue weighted by atomic mass is 10.1. The fourth-order valence-electron chi connectivity index (χ4n) is 2.60. The zero-order valence-corrected chi connectivity index (χ0v) is 11.9. The van der Waals surface area contributed by atoms with Gasteiger partial charge < -0.3 is 9.15 Å². The first-order chi connectivity index (χ1) is 9.92. The summed E-state index contributed by atoms with van der Waals surface area (Å²) in [6.45, 7) is 0.677. The van der Waals surface area contributed by atoms with Crippen LogP contribution in [0.5, 0.6) is 0 Å². The Morgan fingerprint density at radius 1 is 1.38 bits per heavy atom. The van der Waals surface area contributed by atoms with Crippen LogP contribution in [-0.2, 0) is 19.8 Å². The second-order valence-corrected chi connectivity index (χ2v) is 6.62. The van der Waals surface area contributed by atoms with Gasteiger partial charge in [0.2, 0.25) is 11.8 Å². The molecule has 0 spiro atoms. The maximum absolute atomic E-state index is 12.7. The number of nitrogens with zero attached hydrogens (tertiary/aromatic N) is 3. The molecule has 21 heavy (non-hydrogen) atoms. The molecular formula is C11H14FN3O5S. The molecule has 1 aromatic rings. The van der Waals surface area contributed by atoms with Crippen molar-refractivity contribution in [2.24, 2.45) is 5.92 Å². The lowest BCUT2D eigenvalue weighted by Crippen LogP contribution is -2.25. The molecule has 2 aliphatic rings. The second-order valence-electron chi connectivity index (χ2n) is 5.20. The van der Waals surface area contributed by atoms with Crippen LogP contribution in [-0.4, -0.2) is 43.4 Å². The minimum absolute atomic E-state index is 0.00394. The number of amides is 1. The largest absolute Gasteiger partial charge is 0.405 e. The molecule has 8 nitrogen and oxygen atoms in total. The van der Waals surface area contributed by atoms with Crippen molar-refractivity contribution in [1.82, 2.24) is 10.2 Å². The molecular weight excluding hydrogens is 305 g/mol. The van der Waals surface area contributed by atoms with E-state index < -0.39 is 21.9 Å². The summed E-state index contributed by atoms with van der Waals surface area (Å²) in [5.74, 6) is -1.34. The molecule has 1 amide bonds. The molecule has 2 atom stereocenters. The van der Waals surface area contributed by atoms with Gasteiger partial charge in [0, 0.05) is 25.5 Å². The molecule has 0 aromatic carbocycles. The SMILES string of the molecule is O=C1CC(CS(=O)(=O)F)CN1c1nnc(C2CCCO2)o1. The Morgan fingerprint density at radius 2 is 2.19 bits per heavy atom. The van der Waals surface area contributed by atoms with Gasteiger partial charge in [-0.25, -0.2) is 0 Å². The lowest BCUT2D eigenvalue weighted by molar-refractivity contribution is -0.117. The Balaban J connectivity index is 1.70. The van der Waals surface area contributed by atoms with Gasteiger partial charge in [-0.3, -0.25) is 9.69 Å². The third-order valence-electron chi connectivity index (χ3n) is 3.51. The summed E-state index contributed by atoms with van der Waals surface area (Å²) in [6.07, 6.45) is 1.37. The first kappa shape index (κ1) is 14.4. The molecule has 0 bridgehead atoms. The van der Waals surface area contributed by atoms with Crippen molar-refractivity contribution in [3.63, 3.8) is 0 Å². The standard InChI is InChI=1S/C11H14FN3O5S/c12-21(17,18)6-7-4-9(16)15(5-7)11-14-13-10(20-11)8-2-1-3-19-8/h7-8H,1-6H2. The van der Waals surface area contributed by atoms with Crippen LogP contribution in [0.25, 0.3) is 0 Å². The van der Waals surface area contributed by atoms with E-state index in [9.17, 15) is 17.1 Å². The molecule has 10 heteroatoms. The number of rotatable bonds is 4. The highest BCUT2D eigenvalue weighted by molar-refractivity contribution is 7.86. The first-order valence-electron chi connectivity index (χ1n) is 6.60. The number of halogens is 1.